The molecule has 1 aliphatic rings. The van der Waals surface area contributed by atoms with Crippen molar-refractivity contribution in [1.82, 2.24) is 24.9 Å². The van der Waals surface area contributed by atoms with E-state index in [1.54, 1.807) is 27.8 Å². The Bertz CT molecular complexity index is 1240. The Morgan fingerprint density at radius 2 is 2.07 bits per heavy atom. The molecule has 8 nitrogen and oxygen atoms in total. The van der Waals surface area contributed by atoms with Crippen LogP contribution < -0.4 is 21.5 Å². The van der Waals surface area contributed by atoms with Crippen LogP contribution in [0.15, 0.2) is 66.0 Å². The number of anilines is 2. The fraction of sp³-hybridized carbons (Fsp3) is 0.150. The summed E-state index contributed by atoms with van der Waals surface area (Å²) in [4.78, 5) is 17.6. The molecule has 2 N–H and O–H groups in total. The lowest BCUT2D eigenvalue weighted by atomic mass is 10.0. The zero-order valence-electron chi connectivity index (χ0n) is 15.5. The van der Waals surface area contributed by atoms with E-state index in [0.29, 0.717) is 5.69 Å². The van der Waals surface area contributed by atoms with Crippen LogP contribution in [0.3, 0.4) is 0 Å². The average Bonchev–Trinajstić information content (AvgIpc) is 3.34. The third-order valence-corrected chi connectivity index (χ3v) is 5.08. The van der Waals surface area contributed by atoms with Gasteiger partial charge in [0.15, 0.2) is 0 Å². The summed E-state index contributed by atoms with van der Waals surface area (Å²) in [6.07, 6.45) is 7.03. The lowest BCUT2D eigenvalue weighted by Gasteiger charge is -2.26. The molecule has 1 aliphatic heterocycles. The summed E-state index contributed by atoms with van der Waals surface area (Å²) in [5.41, 5.74) is 10.2. The number of aryl methyl sites for hydroxylation is 1. The third kappa shape index (κ3) is 2.54. The highest BCUT2D eigenvalue weighted by Crippen LogP contribution is 2.33. The van der Waals surface area contributed by atoms with Crippen molar-refractivity contribution < 1.29 is 0 Å². The summed E-state index contributed by atoms with van der Waals surface area (Å²) >= 11 is 0. The number of fused-ring (bicyclic) bond motifs is 2. The molecule has 1 atom stereocenters. The van der Waals surface area contributed by atoms with Gasteiger partial charge in [0, 0.05) is 31.0 Å². The van der Waals surface area contributed by atoms with Gasteiger partial charge in [-0.3, -0.25) is 24.0 Å². The minimum absolute atomic E-state index is 0.0733. The van der Waals surface area contributed by atoms with Gasteiger partial charge >= 0.3 is 0 Å². The summed E-state index contributed by atoms with van der Waals surface area (Å²) in [6.45, 7) is 2.06. The number of nitrogens with zero attached hydrogens (tertiary/aromatic N) is 5. The molecule has 4 heterocycles. The molecule has 0 bridgehead atoms. The van der Waals surface area contributed by atoms with Crippen molar-refractivity contribution >= 4 is 22.3 Å². The number of hydrogen-bond donors (Lipinski definition) is 2. The minimum Gasteiger partial charge on any atom is -0.301 e. The molecule has 0 aliphatic carbocycles. The van der Waals surface area contributed by atoms with Crippen LogP contribution in [-0.4, -0.2) is 19.3 Å². The lowest BCUT2D eigenvalue weighted by molar-refractivity contribution is 0.618. The maximum Gasteiger partial charge on any atom is 0.282 e. The predicted molar refractivity (Wildman–Crippen MR) is 108 cm³/mol. The fourth-order valence-electron chi connectivity index (χ4n) is 3.56. The molecular weight excluding hydrogens is 354 g/mol. The molecule has 140 valence electrons. The highest BCUT2D eigenvalue weighted by molar-refractivity contribution is 5.79. The van der Waals surface area contributed by atoms with Crippen LogP contribution in [0, 0.1) is 0 Å². The van der Waals surface area contributed by atoms with Crippen molar-refractivity contribution in [3.05, 3.63) is 77.1 Å². The lowest BCUT2D eigenvalue weighted by Crippen LogP contribution is -2.40. The van der Waals surface area contributed by atoms with Crippen LogP contribution >= 0.6 is 0 Å². The molecule has 4 aromatic rings. The molecule has 0 unspecified atom stereocenters. The smallest absolute Gasteiger partial charge is 0.282 e. The van der Waals surface area contributed by atoms with Gasteiger partial charge in [0.25, 0.3) is 5.56 Å². The van der Waals surface area contributed by atoms with E-state index >= 15 is 0 Å². The number of hydrazine groups is 2. The number of pyridine rings is 2. The molecule has 0 fully saturated rings. The van der Waals surface area contributed by atoms with E-state index in [0.717, 1.165) is 27.8 Å². The Morgan fingerprint density at radius 3 is 2.89 bits per heavy atom. The standard InChI is InChI=1S/C20H19N7O/c1-13(14-5-6-17-15(10-14)4-3-8-21-17)27-19-18(23-24-27)7-9-26(20(19)28)16-11-22-25(2)12-16/h3-13,23-24H,1-2H3/t13-/m0/s1. The largest absolute Gasteiger partial charge is 0.301 e. The Labute approximate surface area is 161 Å². The maximum absolute atomic E-state index is 13.2. The SMILES string of the molecule is C[C@@H](c1ccc2ncccc2c1)N1NNc2ccn(-c3cnn(C)c3)c(=O)c21. The van der Waals surface area contributed by atoms with E-state index in [9.17, 15) is 4.79 Å². The summed E-state index contributed by atoms with van der Waals surface area (Å²) in [7, 11) is 1.83. The normalized spacial score (nSPS) is 14.1. The molecule has 0 radical (unpaired) electrons. The maximum atomic E-state index is 13.2. The van der Waals surface area contributed by atoms with E-state index in [4.69, 9.17) is 0 Å². The van der Waals surface area contributed by atoms with E-state index in [-0.39, 0.29) is 11.6 Å². The van der Waals surface area contributed by atoms with Crippen molar-refractivity contribution in [3.8, 4) is 5.69 Å². The predicted octanol–water partition coefficient (Wildman–Crippen LogP) is 2.53. The van der Waals surface area contributed by atoms with Gasteiger partial charge in [0.1, 0.15) is 5.69 Å². The van der Waals surface area contributed by atoms with Crippen LogP contribution in [0.4, 0.5) is 11.4 Å². The van der Waals surface area contributed by atoms with Gasteiger partial charge in [-0.15, -0.1) is 5.53 Å². The topological polar surface area (TPSA) is 80.0 Å². The number of rotatable bonds is 3. The molecule has 5 rings (SSSR count). The van der Waals surface area contributed by atoms with E-state index < -0.39 is 0 Å². The Morgan fingerprint density at radius 1 is 1.18 bits per heavy atom. The van der Waals surface area contributed by atoms with Gasteiger partial charge in [0.2, 0.25) is 0 Å². The zero-order chi connectivity index (χ0) is 19.3. The fourth-order valence-corrected chi connectivity index (χ4v) is 3.56. The highest BCUT2D eigenvalue weighted by atomic mass is 16.1. The minimum atomic E-state index is -0.114. The van der Waals surface area contributed by atoms with Crippen LogP contribution in [0.1, 0.15) is 18.5 Å². The van der Waals surface area contributed by atoms with Crippen LogP contribution in [0.25, 0.3) is 16.6 Å². The second kappa shape index (κ2) is 6.21. The van der Waals surface area contributed by atoms with Crippen molar-refractivity contribution in [2.24, 2.45) is 7.05 Å². The molecule has 1 aromatic carbocycles. The van der Waals surface area contributed by atoms with Crippen molar-refractivity contribution in [1.29, 1.82) is 0 Å². The van der Waals surface area contributed by atoms with E-state index in [1.165, 1.54) is 0 Å². The summed E-state index contributed by atoms with van der Waals surface area (Å²) in [5, 5.41) is 7.10. The average molecular weight is 373 g/mol. The first-order chi connectivity index (χ1) is 13.6. The second-order valence-corrected chi connectivity index (χ2v) is 6.86. The van der Waals surface area contributed by atoms with Crippen molar-refractivity contribution in [2.75, 3.05) is 10.4 Å². The monoisotopic (exact) mass is 373 g/mol. The van der Waals surface area contributed by atoms with E-state index in [2.05, 4.69) is 34.0 Å². The zero-order valence-corrected chi connectivity index (χ0v) is 15.5. The molecule has 8 heteroatoms. The Balaban J connectivity index is 1.57. The summed E-state index contributed by atoms with van der Waals surface area (Å²) < 4.78 is 3.28. The second-order valence-electron chi connectivity index (χ2n) is 6.86. The number of nitrogens with one attached hydrogen (secondary N) is 2. The first-order valence-electron chi connectivity index (χ1n) is 9.02. The quantitative estimate of drug-likeness (QED) is 0.574. The molecule has 0 amide bonds. The molecule has 0 saturated heterocycles. The van der Waals surface area contributed by atoms with Gasteiger partial charge in [-0.1, -0.05) is 12.1 Å². The van der Waals surface area contributed by atoms with Crippen molar-refractivity contribution in [2.45, 2.75) is 13.0 Å². The van der Waals surface area contributed by atoms with Gasteiger partial charge in [0.05, 0.1) is 29.1 Å². The number of hydrogen-bond acceptors (Lipinski definition) is 6. The van der Waals surface area contributed by atoms with Crippen molar-refractivity contribution in [3.63, 3.8) is 0 Å². The third-order valence-electron chi connectivity index (χ3n) is 5.08. The van der Waals surface area contributed by atoms with E-state index in [1.807, 2.05) is 48.6 Å². The molecular formula is C20H19N7O. The van der Waals surface area contributed by atoms with Crippen LogP contribution in [0.5, 0.6) is 0 Å². The van der Waals surface area contributed by atoms with Crippen LogP contribution in [0.2, 0.25) is 0 Å². The summed E-state index contributed by atoms with van der Waals surface area (Å²) in [6, 6.07) is 11.9. The van der Waals surface area contributed by atoms with Crippen LogP contribution in [-0.2, 0) is 7.05 Å². The van der Waals surface area contributed by atoms with Gasteiger partial charge < -0.3 is 5.43 Å². The first-order valence-corrected chi connectivity index (χ1v) is 9.02. The molecule has 0 spiro atoms. The Kier molecular flexibility index (Phi) is 3.66. The van der Waals surface area contributed by atoms with Gasteiger partial charge in [-0.25, -0.2) is 0 Å². The number of benzene rings is 1. The molecule has 28 heavy (non-hydrogen) atoms. The first kappa shape index (κ1) is 16.5. The van der Waals surface area contributed by atoms with Gasteiger partial charge in [-0.05, 0) is 36.8 Å². The summed E-state index contributed by atoms with van der Waals surface area (Å²) in [5.74, 6) is 0. The number of aromatic nitrogens is 4. The Hall–Kier alpha value is -3.65. The highest BCUT2D eigenvalue weighted by Gasteiger charge is 2.28. The molecule has 3 aromatic heterocycles. The molecule has 0 saturated carbocycles. The van der Waals surface area contributed by atoms with Gasteiger partial charge in [-0.2, -0.15) is 5.10 Å².